The second-order valence-electron chi connectivity index (χ2n) is 9.07. The molecule has 172 valence electrons. The van der Waals surface area contributed by atoms with Crippen LogP contribution >= 0.6 is 0 Å². The van der Waals surface area contributed by atoms with E-state index in [9.17, 15) is 19.2 Å². The highest BCUT2D eigenvalue weighted by Crippen LogP contribution is 2.34. The van der Waals surface area contributed by atoms with E-state index in [4.69, 9.17) is 4.42 Å². The molecule has 0 unspecified atom stereocenters. The number of benzene rings is 1. The number of hydrogen-bond donors (Lipinski definition) is 3. The number of hydrogen-bond acceptors (Lipinski definition) is 6. The Morgan fingerprint density at radius 1 is 1.21 bits per heavy atom. The fraction of sp³-hybridized carbons (Fsp3) is 0.292. The number of furan rings is 1. The van der Waals surface area contributed by atoms with Crippen LogP contribution in [0.25, 0.3) is 11.1 Å². The lowest BCUT2D eigenvalue weighted by Gasteiger charge is -2.28. The lowest BCUT2D eigenvalue weighted by atomic mass is 9.95. The van der Waals surface area contributed by atoms with Crippen LogP contribution in [0.2, 0.25) is 0 Å². The van der Waals surface area contributed by atoms with Gasteiger partial charge in [0.2, 0.25) is 0 Å². The van der Waals surface area contributed by atoms with Crippen LogP contribution < -0.4 is 16.0 Å². The molecule has 3 aromatic rings. The molecule has 34 heavy (non-hydrogen) atoms. The van der Waals surface area contributed by atoms with Crippen LogP contribution in [-0.4, -0.2) is 46.2 Å². The van der Waals surface area contributed by atoms with E-state index in [0.29, 0.717) is 23.2 Å². The maximum atomic E-state index is 13.1. The van der Waals surface area contributed by atoms with Crippen molar-refractivity contribution in [2.75, 3.05) is 6.54 Å². The van der Waals surface area contributed by atoms with Crippen molar-refractivity contribution in [3.8, 4) is 0 Å². The second kappa shape index (κ2) is 7.14. The van der Waals surface area contributed by atoms with Gasteiger partial charge in [-0.3, -0.25) is 19.7 Å². The first kappa shape index (κ1) is 20.4. The Balaban J connectivity index is 1.35. The van der Waals surface area contributed by atoms with Gasteiger partial charge in [-0.15, -0.1) is 0 Å². The Morgan fingerprint density at radius 2 is 2.03 bits per heavy atom. The number of aromatic nitrogens is 1. The zero-order valence-electron chi connectivity index (χ0n) is 18.3. The molecule has 0 spiro atoms. The minimum absolute atomic E-state index is 0.119. The van der Waals surface area contributed by atoms with E-state index in [1.807, 2.05) is 25.1 Å². The molecule has 6 rings (SSSR count). The second-order valence-corrected chi connectivity index (χ2v) is 9.07. The van der Waals surface area contributed by atoms with Gasteiger partial charge in [0.15, 0.2) is 11.1 Å². The molecule has 4 heterocycles. The average Bonchev–Trinajstić information content (AvgIpc) is 3.31. The Bertz CT molecular complexity index is 1410. The van der Waals surface area contributed by atoms with Crippen LogP contribution in [0, 0.1) is 6.92 Å². The highest BCUT2D eigenvalue weighted by Gasteiger charge is 2.53. The smallest absolute Gasteiger partial charge is 0.322 e. The molecule has 1 atom stereocenters. The van der Waals surface area contributed by atoms with Crippen molar-refractivity contribution >= 4 is 34.9 Å². The number of urea groups is 1. The predicted molar refractivity (Wildman–Crippen MR) is 119 cm³/mol. The van der Waals surface area contributed by atoms with Gasteiger partial charge in [-0.2, -0.15) is 0 Å². The quantitative estimate of drug-likeness (QED) is 0.498. The van der Waals surface area contributed by atoms with Gasteiger partial charge in [-0.1, -0.05) is 17.7 Å². The lowest BCUT2D eigenvalue weighted by Crippen LogP contribution is -2.52. The molecule has 1 saturated heterocycles. The summed E-state index contributed by atoms with van der Waals surface area (Å²) in [5, 5.41) is 7.80. The molecule has 2 fully saturated rings. The molecule has 3 N–H and O–H groups in total. The zero-order valence-corrected chi connectivity index (χ0v) is 18.3. The number of nitrogens with zero attached hydrogens (tertiary/aromatic N) is 2. The third kappa shape index (κ3) is 3.21. The normalized spacial score (nSPS) is 21.6. The third-order valence-corrected chi connectivity index (χ3v) is 6.45. The molecule has 0 bridgehead atoms. The van der Waals surface area contributed by atoms with Gasteiger partial charge in [-0.05, 0) is 43.5 Å². The molecule has 2 aliphatic heterocycles. The van der Waals surface area contributed by atoms with E-state index in [1.54, 1.807) is 12.1 Å². The average molecular weight is 459 g/mol. The molecule has 1 aliphatic carbocycles. The standard InChI is InChI=1S/C24H21N5O5/c1-12-2-3-13-10-29(21(31)15(13)8-12)11-24(22(32)27-23(33)28-24)19-9-17-18(34-19)7-6-16(26-17)20(30)25-14-4-5-14/h2-3,6-9,14H,4-5,10-11H2,1H3,(H,25,30)(H2,27,28,32,33)/t24-/m0/s1. The number of rotatable bonds is 5. The molecule has 0 radical (unpaired) electrons. The highest BCUT2D eigenvalue weighted by atomic mass is 16.3. The van der Waals surface area contributed by atoms with Crippen LogP contribution in [0.1, 0.15) is 50.6 Å². The van der Waals surface area contributed by atoms with E-state index in [0.717, 1.165) is 24.0 Å². The fourth-order valence-corrected chi connectivity index (χ4v) is 4.49. The zero-order chi connectivity index (χ0) is 23.6. The van der Waals surface area contributed by atoms with E-state index in [1.165, 1.54) is 11.0 Å². The Morgan fingerprint density at radius 3 is 2.76 bits per heavy atom. The summed E-state index contributed by atoms with van der Waals surface area (Å²) < 4.78 is 5.94. The molecular formula is C24H21N5O5. The van der Waals surface area contributed by atoms with Gasteiger partial charge in [0, 0.05) is 24.2 Å². The summed E-state index contributed by atoms with van der Waals surface area (Å²) in [6, 6.07) is 9.84. The molecule has 10 nitrogen and oxygen atoms in total. The number of pyridine rings is 1. The van der Waals surface area contributed by atoms with Crippen LogP contribution in [0.4, 0.5) is 4.79 Å². The van der Waals surface area contributed by atoms with Gasteiger partial charge in [-0.25, -0.2) is 9.78 Å². The van der Waals surface area contributed by atoms with Crippen molar-refractivity contribution in [1.29, 1.82) is 0 Å². The summed E-state index contributed by atoms with van der Waals surface area (Å²) in [6.45, 7) is 2.10. The SMILES string of the molecule is Cc1ccc2c(c1)C(=O)N(C[C@@]1(c3cc4nc(C(=O)NC5CC5)ccc4o3)NC(=O)NC1=O)C2. The summed E-state index contributed by atoms with van der Waals surface area (Å²) in [5.41, 5.74) is 1.74. The molecule has 3 aliphatic rings. The topological polar surface area (TPSA) is 134 Å². The van der Waals surface area contributed by atoms with Crippen molar-refractivity contribution < 1.29 is 23.6 Å². The first-order chi connectivity index (χ1) is 16.3. The molecule has 2 aromatic heterocycles. The molecule has 10 heteroatoms. The summed E-state index contributed by atoms with van der Waals surface area (Å²) in [6.07, 6.45) is 1.92. The summed E-state index contributed by atoms with van der Waals surface area (Å²) in [4.78, 5) is 56.6. The minimum atomic E-state index is -1.62. The summed E-state index contributed by atoms with van der Waals surface area (Å²) >= 11 is 0. The maximum Gasteiger partial charge on any atom is 0.322 e. The van der Waals surface area contributed by atoms with Gasteiger partial charge in [0.1, 0.15) is 17.0 Å². The first-order valence-corrected chi connectivity index (χ1v) is 11.1. The Kier molecular flexibility index (Phi) is 4.29. The molecule has 5 amide bonds. The maximum absolute atomic E-state index is 13.1. The van der Waals surface area contributed by atoms with Crippen LogP contribution in [0.3, 0.4) is 0 Å². The van der Waals surface area contributed by atoms with Crippen molar-refractivity contribution in [3.63, 3.8) is 0 Å². The largest absolute Gasteiger partial charge is 0.456 e. The van der Waals surface area contributed by atoms with E-state index in [-0.39, 0.29) is 35.9 Å². The van der Waals surface area contributed by atoms with Crippen molar-refractivity contribution in [1.82, 2.24) is 25.8 Å². The summed E-state index contributed by atoms with van der Waals surface area (Å²) in [7, 11) is 0. The Hall–Kier alpha value is -4.21. The van der Waals surface area contributed by atoms with Gasteiger partial charge in [0.25, 0.3) is 17.7 Å². The number of carbonyl (C=O) groups is 4. The van der Waals surface area contributed by atoms with Gasteiger partial charge < -0.3 is 20.0 Å². The number of aryl methyl sites for hydroxylation is 1. The lowest BCUT2D eigenvalue weighted by molar-refractivity contribution is -0.125. The molecule has 1 aromatic carbocycles. The number of imide groups is 1. The van der Waals surface area contributed by atoms with Gasteiger partial charge in [0.05, 0.1) is 6.54 Å². The summed E-state index contributed by atoms with van der Waals surface area (Å²) in [5.74, 6) is -0.981. The van der Waals surface area contributed by atoms with Crippen molar-refractivity contribution in [3.05, 3.63) is 64.5 Å². The van der Waals surface area contributed by atoms with Crippen LogP contribution in [0.15, 0.2) is 40.8 Å². The number of fused-ring (bicyclic) bond motifs is 2. The predicted octanol–water partition coefficient (Wildman–Crippen LogP) is 1.72. The van der Waals surface area contributed by atoms with Crippen molar-refractivity contribution in [2.24, 2.45) is 0 Å². The van der Waals surface area contributed by atoms with Crippen LogP contribution in [0.5, 0.6) is 0 Å². The number of nitrogens with one attached hydrogen (secondary N) is 3. The van der Waals surface area contributed by atoms with E-state index < -0.39 is 17.5 Å². The number of carbonyl (C=O) groups excluding carboxylic acids is 4. The third-order valence-electron chi connectivity index (χ3n) is 6.45. The molecule has 1 saturated carbocycles. The van der Waals surface area contributed by atoms with Gasteiger partial charge >= 0.3 is 6.03 Å². The van der Waals surface area contributed by atoms with E-state index in [2.05, 4.69) is 20.9 Å². The highest BCUT2D eigenvalue weighted by molar-refractivity contribution is 6.08. The monoisotopic (exact) mass is 459 g/mol. The van der Waals surface area contributed by atoms with Crippen LogP contribution in [-0.2, 0) is 16.9 Å². The van der Waals surface area contributed by atoms with Crippen molar-refractivity contribution in [2.45, 2.75) is 37.9 Å². The van der Waals surface area contributed by atoms with E-state index >= 15 is 0 Å². The number of amides is 5. The molecular weight excluding hydrogens is 438 g/mol. The Labute approximate surface area is 193 Å². The first-order valence-electron chi connectivity index (χ1n) is 11.1. The fourth-order valence-electron chi connectivity index (χ4n) is 4.49. The minimum Gasteiger partial charge on any atom is -0.456 e.